The van der Waals surface area contributed by atoms with Crippen molar-refractivity contribution in [3.05, 3.63) is 6.33 Å². The summed E-state index contributed by atoms with van der Waals surface area (Å²) in [5.41, 5.74) is 7.23. The van der Waals surface area contributed by atoms with E-state index in [0.29, 0.717) is 23.0 Å². The topological polar surface area (TPSA) is 82.1 Å². The van der Waals surface area contributed by atoms with Crippen molar-refractivity contribution in [2.24, 2.45) is 0 Å². The van der Waals surface area contributed by atoms with Gasteiger partial charge in [-0.15, -0.1) is 0 Å². The van der Waals surface area contributed by atoms with Crippen molar-refractivity contribution < 1.29 is 4.74 Å². The van der Waals surface area contributed by atoms with Crippen LogP contribution >= 0.6 is 0 Å². The van der Waals surface area contributed by atoms with Crippen molar-refractivity contribution >= 4 is 17.1 Å². The molecule has 18 heavy (non-hydrogen) atoms. The van der Waals surface area contributed by atoms with E-state index < -0.39 is 0 Å². The number of rotatable bonds is 5. The van der Waals surface area contributed by atoms with Crippen LogP contribution < -0.4 is 10.5 Å². The average Bonchev–Trinajstić information content (AvgIpc) is 2.71. The number of ether oxygens (including phenoxy) is 1. The van der Waals surface area contributed by atoms with Crippen molar-refractivity contribution in [1.82, 2.24) is 24.4 Å². The standard InChI is InChI=1S/C11H18N6O/c1-4-16(2)5-6-17-9-8(15-11(17)12)10(18-3)14-7-13-9/h7H,4-6H2,1-3H3,(H2,12,15). The summed E-state index contributed by atoms with van der Waals surface area (Å²) in [5.74, 6) is 0.891. The van der Waals surface area contributed by atoms with Crippen molar-refractivity contribution in [2.45, 2.75) is 13.5 Å². The molecule has 0 unspecified atom stereocenters. The lowest BCUT2D eigenvalue weighted by atomic mass is 10.5. The SMILES string of the molecule is CCN(C)CCn1c(N)nc2c(OC)ncnc21. The lowest BCUT2D eigenvalue weighted by molar-refractivity contribution is 0.337. The summed E-state index contributed by atoms with van der Waals surface area (Å²) in [6.45, 7) is 4.73. The maximum Gasteiger partial charge on any atom is 0.245 e. The van der Waals surface area contributed by atoms with Crippen LogP contribution in [0.4, 0.5) is 5.95 Å². The fraction of sp³-hybridized carbons (Fsp3) is 0.545. The molecule has 7 nitrogen and oxygen atoms in total. The van der Waals surface area contributed by atoms with Crippen LogP contribution in [-0.4, -0.2) is 51.7 Å². The number of anilines is 1. The van der Waals surface area contributed by atoms with Gasteiger partial charge in [-0.25, -0.2) is 9.97 Å². The molecule has 2 N–H and O–H groups in total. The molecule has 0 bridgehead atoms. The van der Waals surface area contributed by atoms with Crippen LogP contribution in [-0.2, 0) is 6.54 Å². The molecule has 0 fully saturated rings. The Labute approximate surface area is 106 Å². The molecule has 0 saturated carbocycles. The van der Waals surface area contributed by atoms with Crippen molar-refractivity contribution in [2.75, 3.05) is 33.0 Å². The van der Waals surface area contributed by atoms with E-state index in [1.807, 2.05) is 4.57 Å². The number of likely N-dealkylation sites (N-methyl/N-ethyl adjacent to an activating group) is 1. The summed E-state index contributed by atoms with van der Waals surface area (Å²) >= 11 is 0. The zero-order valence-electron chi connectivity index (χ0n) is 10.9. The van der Waals surface area contributed by atoms with Crippen LogP contribution in [0.2, 0.25) is 0 Å². The molecule has 0 radical (unpaired) electrons. The van der Waals surface area contributed by atoms with E-state index in [-0.39, 0.29) is 0 Å². The van der Waals surface area contributed by atoms with Crippen molar-refractivity contribution in [1.29, 1.82) is 0 Å². The molecule has 0 atom stereocenters. The Morgan fingerprint density at radius 2 is 2.22 bits per heavy atom. The largest absolute Gasteiger partial charge is 0.479 e. The molecule has 0 amide bonds. The lowest BCUT2D eigenvalue weighted by Gasteiger charge is -2.14. The molecule has 0 saturated heterocycles. The molecule has 7 heteroatoms. The second-order valence-corrected chi connectivity index (χ2v) is 4.07. The molecule has 0 spiro atoms. The molecular formula is C11H18N6O. The summed E-state index contributed by atoms with van der Waals surface area (Å²) in [6.07, 6.45) is 1.46. The number of nitrogen functional groups attached to an aromatic ring is 1. The number of imidazole rings is 1. The zero-order valence-corrected chi connectivity index (χ0v) is 10.9. The summed E-state index contributed by atoms with van der Waals surface area (Å²) < 4.78 is 7.03. The number of nitrogens with zero attached hydrogens (tertiary/aromatic N) is 5. The van der Waals surface area contributed by atoms with Gasteiger partial charge in [0.25, 0.3) is 0 Å². The predicted octanol–water partition coefficient (Wildman–Crippen LogP) is 0.369. The van der Waals surface area contributed by atoms with Crippen LogP contribution in [0.25, 0.3) is 11.2 Å². The molecule has 0 aliphatic carbocycles. The van der Waals surface area contributed by atoms with Crippen LogP contribution in [0.1, 0.15) is 6.92 Å². The molecule has 98 valence electrons. The van der Waals surface area contributed by atoms with Gasteiger partial charge in [0.2, 0.25) is 11.8 Å². The second kappa shape index (κ2) is 5.18. The molecule has 2 rings (SSSR count). The minimum Gasteiger partial charge on any atom is -0.479 e. The highest BCUT2D eigenvalue weighted by Gasteiger charge is 2.14. The van der Waals surface area contributed by atoms with Gasteiger partial charge in [-0.1, -0.05) is 6.92 Å². The molecule has 0 aliphatic heterocycles. The average molecular weight is 250 g/mol. The number of aromatic nitrogens is 4. The van der Waals surface area contributed by atoms with Gasteiger partial charge in [-0.2, -0.15) is 4.98 Å². The van der Waals surface area contributed by atoms with E-state index in [4.69, 9.17) is 10.5 Å². The Morgan fingerprint density at radius 1 is 1.44 bits per heavy atom. The monoisotopic (exact) mass is 250 g/mol. The Bertz CT molecular complexity index is 538. The van der Waals surface area contributed by atoms with E-state index in [1.165, 1.54) is 6.33 Å². The van der Waals surface area contributed by atoms with Gasteiger partial charge in [-0.05, 0) is 13.6 Å². The van der Waals surface area contributed by atoms with Gasteiger partial charge >= 0.3 is 0 Å². The van der Waals surface area contributed by atoms with Crippen LogP contribution in [0.5, 0.6) is 5.88 Å². The molecule has 0 aromatic carbocycles. The Hall–Kier alpha value is -1.89. The summed E-state index contributed by atoms with van der Waals surface area (Å²) in [5, 5.41) is 0. The first kappa shape index (κ1) is 12.6. The number of methoxy groups -OCH3 is 1. The molecular weight excluding hydrogens is 232 g/mol. The van der Waals surface area contributed by atoms with Crippen LogP contribution in [0.3, 0.4) is 0 Å². The Balaban J connectivity index is 2.35. The Morgan fingerprint density at radius 3 is 2.89 bits per heavy atom. The summed E-state index contributed by atoms with van der Waals surface area (Å²) in [4.78, 5) is 14.7. The third kappa shape index (κ3) is 2.21. The lowest BCUT2D eigenvalue weighted by Crippen LogP contribution is -2.23. The third-order valence-electron chi connectivity index (χ3n) is 2.97. The quantitative estimate of drug-likeness (QED) is 0.825. The van der Waals surface area contributed by atoms with Crippen molar-refractivity contribution in [3.63, 3.8) is 0 Å². The van der Waals surface area contributed by atoms with Gasteiger partial charge in [-0.3, -0.25) is 4.57 Å². The van der Waals surface area contributed by atoms with E-state index in [9.17, 15) is 0 Å². The minimum absolute atomic E-state index is 0.438. The number of hydrogen-bond donors (Lipinski definition) is 1. The first-order chi connectivity index (χ1) is 8.67. The smallest absolute Gasteiger partial charge is 0.245 e. The molecule has 0 aliphatic rings. The van der Waals surface area contributed by atoms with Gasteiger partial charge in [0.1, 0.15) is 6.33 Å². The van der Waals surface area contributed by atoms with Crippen molar-refractivity contribution in [3.8, 4) is 5.88 Å². The predicted molar refractivity (Wildman–Crippen MR) is 69.5 cm³/mol. The van der Waals surface area contributed by atoms with E-state index in [1.54, 1.807) is 7.11 Å². The summed E-state index contributed by atoms with van der Waals surface area (Å²) in [7, 11) is 3.62. The Kier molecular flexibility index (Phi) is 3.61. The van der Waals surface area contributed by atoms with Crippen LogP contribution in [0, 0.1) is 0 Å². The molecule has 2 heterocycles. The minimum atomic E-state index is 0.438. The third-order valence-corrected chi connectivity index (χ3v) is 2.97. The first-order valence-electron chi connectivity index (χ1n) is 5.86. The number of hydrogen-bond acceptors (Lipinski definition) is 6. The summed E-state index contributed by atoms with van der Waals surface area (Å²) in [6, 6.07) is 0. The highest BCUT2D eigenvalue weighted by atomic mass is 16.5. The maximum absolute atomic E-state index is 5.91. The van der Waals surface area contributed by atoms with E-state index in [2.05, 4.69) is 33.8 Å². The highest BCUT2D eigenvalue weighted by molar-refractivity contribution is 5.78. The highest BCUT2D eigenvalue weighted by Crippen LogP contribution is 2.22. The molecule has 2 aromatic rings. The van der Waals surface area contributed by atoms with E-state index >= 15 is 0 Å². The number of nitrogens with two attached hydrogens (primary N) is 1. The van der Waals surface area contributed by atoms with E-state index in [0.717, 1.165) is 19.6 Å². The molecule has 2 aromatic heterocycles. The second-order valence-electron chi connectivity index (χ2n) is 4.07. The first-order valence-corrected chi connectivity index (χ1v) is 5.86. The van der Waals surface area contributed by atoms with Gasteiger partial charge in [0, 0.05) is 13.1 Å². The van der Waals surface area contributed by atoms with Gasteiger partial charge in [0.15, 0.2) is 11.2 Å². The maximum atomic E-state index is 5.91. The fourth-order valence-electron chi connectivity index (χ4n) is 1.73. The fourth-order valence-corrected chi connectivity index (χ4v) is 1.73. The zero-order chi connectivity index (χ0) is 13.1. The van der Waals surface area contributed by atoms with Crippen LogP contribution in [0.15, 0.2) is 6.33 Å². The van der Waals surface area contributed by atoms with Gasteiger partial charge < -0.3 is 15.4 Å². The normalized spacial score (nSPS) is 11.3. The van der Waals surface area contributed by atoms with Gasteiger partial charge in [0.05, 0.1) is 7.11 Å². The number of fused-ring (bicyclic) bond motifs is 1.